The van der Waals surface area contributed by atoms with Gasteiger partial charge in [0.15, 0.2) is 11.6 Å². The van der Waals surface area contributed by atoms with Gasteiger partial charge < -0.3 is 10.1 Å². The van der Waals surface area contributed by atoms with E-state index in [4.69, 9.17) is 27.9 Å². The maximum atomic E-state index is 12.5. The zero-order valence-corrected chi connectivity index (χ0v) is 17.0. The zero-order chi connectivity index (χ0) is 21.1. The molecule has 0 bridgehead atoms. The lowest BCUT2D eigenvalue weighted by atomic mass is 10.1. The van der Waals surface area contributed by atoms with Gasteiger partial charge in [-0.1, -0.05) is 29.3 Å². The molecule has 0 atom stereocenters. The normalized spacial score (nSPS) is 10.6. The molecule has 3 aromatic rings. The van der Waals surface area contributed by atoms with Gasteiger partial charge in [-0.05, 0) is 36.8 Å². The van der Waals surface area contributed by atoms with Gasteiger partial charge in [0.2, 0.25) is 0 Å². The minimum absolute atomic E-state index is 0.0755. The number of halogens is 2. The van der Waals surface area contributed by atoms with Crippen molar-refractivity contribution in [2.24, 2.45) is 0 Å². The van der Waals surface area contributed by atoms with Gasteiger partial charge in [-0.3, -0.25) is 19.6 Å². The highest BCUT2D eigenvalue weighted by Gasteiger charge is 2.19. The molecule has 2 aromatic carbocycles. The van der Waals surface area contributed by atoms with Gasteiger partial charge in [0.25, 0.3) is 5.91 Å². The monoisotopic (exact) mass is 434 g/mol. The van der Waals surface area contributed by atoms with Crippen LogP contribution in [0.5, 0.6) is 5.75 Å². The Morgan fingerprint density at radius 1 is 1.24 bits per heavy atom. The number of nitrogens with one attached hydrogen (secondary N) is 1. The third-order valence-corrected chi connectivity index (χ3v) is 4.78. The van der Waals surface area contributed by atoms with Crippen molar-refractivity contribution in [3.63, 3.8) is 0 Å². The van der Waals surface area contributed by atoms with Gasteiger partial charge in [0, 0.05) is 33.4 Å². The lowest BCUT2D eigenvalue weighted by Gasteiger charge is -2.07. The van der Waals surface area contributed by atoms with Crippen LogP contribution in [0.3, 0.4) is 0 Å². The van der Waals surface area contributed by atoms with E-state index in [9.17, 15) is 14.9 Å². The Morgan fingerprint density at radius 3 is 2.66 bits per heavy atom. The first-order chi connectivity index (χ1) is 13.8. The number of nitro benzene ring substituents is 1. The highest BCUT2D eigenvalue weighted by atomic mass is 35.5. The van der Waals surface area contributed by atoms with E-state index in [1.54, 1.807) is 28.9 Å². The molecule has 0 saturated carbocycles. The van der Waals surface area contributed by atoms with E-state index in [1.165, 1.54) is 19.2 Å². The summed E-state index contributed by atoms with van der Waals surface area (Å²) in [7, 11) is 1.32. The molecule has 0 saturated heterocycles. The second kappa shape index (κ2) is 8.50. The number of amides is 1. The van der Waals surface area contributed by atoms with Crippen LogP contribution in [0.4, 0.5) is 11.5 Å². The second-order valence-corrected chi connectivity index (χ2v) is 7.01. The van der Waals surface area contributed by atoms with Crippen LogP contribution in [0.15, 0.2) is 42.5 Å². The molecule has 0 fully saturated rings. The van der Waals surface area contributed by atoms with Crippen molar-refractivity contribution in [2.75, 3.05) is 12.4 Å². The number of anilines is 1. The molecular weight excluding hydrogens is 419 g/mol. The number of benzene rings is 2. The number of rotatable bonds is 6. The van der Waals surface area contributed by atoms with E-state index < -0.39 is 10.8 Å². The molecule has 0 radical (unpaired) electrons. The molecule has 1 heterocycles. The van der Waals surface area contributed by atoms with Crippen LogP contribution in [0, 0.1) is 17.0 Å². The molecule has 0 spiro atoms. The van der Waals surface area contributed by atoms with Crippen molar-refractivity contribution >= 4 is 40.6 Å². The van der Waals surface area contributed by atoms with E-state index >= 15 is 0 Å². The maximum Gasteiger partial charge on any atom is 0.311 e. The van der Waals surface area contributed by atoms with Crippen LogP contribution in [-0.2, 0) is 6.54 Å². The summed E-state index contributed by atoms with van der Waals surface area (Å²) in [5, 5.41) is 19.2. The van der Waals surface area contributed by atoms with Crippen LogP contribution in [0.1, 0.15) is 21.6 Å². The van der Waals surface area contributed by atoms with E-state index in [2.05, 4.69) is 10.4 Å². The summed E-state index contributed by atoms with van der Waals surface area (Å²) in [5.74, 6) is -0.132. The zero-order valence-electron chi connectivity index (χ0n) is 15.5. The fourth-order valence-corrected chi connectivity index (χ4v) is 3.17. The highest BCUT2D eigenvalue weighted by Crippen LogP contribution is 2.28. The molecule has 150 valence electrons. The predicted molar refractivity (Wildman–Crippen MR) is 110 cm³/mol. The molecule has 0 aliphatic carbocycles. The number of carbonyl (C=O) groups excluding carboxylic acids is 1. The molecule has 0 aliphatic heterocycles. The Balaban J connectivity index is 1.79. The Bertz CT molecular complexity index is 1100. The third kappa shape index (κ3) is 4.67. The lowest BCUT2D eigenvalue weighted by Crippen LogP contribution is -2.13. The molecular formula is C19H16Cl2N4O4. The fourth-order valence-electron chi connectivity index (χ4n) is 2.70. The number of hydrogen-bond donors (Lipinski definition) is 1. The van der Waals surface area contributed by atoms with Crippen molar-refractivity contribution in [1.82, 2.24) is 9.78 Å². The molecule has 1 N–H and O–H groups in total. The van der Waals surface area contributed by atoms with E-state index in [-0.39, 0.29) is 17.0 Å². The van der Waals surface area contributed by atoms with Gasteiger partial charge in [-0.25, -0.2) is 0 Å². The summed E-state index contributed by atoms with van der Waals surface area (Å²) in [6, 6.07) is 10.9. The summed E-state index contributed by atoms with van der Waals surface area (Å²) in [5.41, 5.74) is 1.45. The molecule has 0 unspecified atom stereocenters. The van der Waals surface area contributed by atoms with Crippen molar-refractivity contribution in [3.8, 4) is 5.75 Å². The first-order valence-electron chi connectivity index (χ1n) is 8.40. The van der Waals surface area contributed by atoms with Gasteiger partial charge >= 0.3 is 5.69 Å². The SMILES string of the molecule is COc1ccc(C(=O)Nc2cc(C)n(Cc3ccc(Cl)cc3Cl)n2)cc1[N+](=O)[O-]. The first kappa shape index (κ1) is 20.6. The fraction of sp³-hybridized carbons (Fsp3) is 0.158. The minimum atomic E-state index is -0.607. The third-order valence-electron chi connectivity index (χ3n) is 4.20. The van der Waals surface area contributed by atoms with Crippen LogP contribution in [0.25, 0.3) is 0 Å². The smallest absolute Gasteiger partial charge is 0.311 e. The summed E-state index contributed by atoms with van der Waals surface area (Å²) in [4.78, 5) is 23.0. The Kier molecular flexibility index (Phi) is 6.05. The average Bonchev–Trinajstić information content (AvgIpc) is 3.02. The Morgan fingerprint density at radius 2 is 2.00 bits per heavy atom. The molecule has 1 aromatic heterocycles. The second-order valence-electron chi connectivity index (χ2n) is 6.16. The van der Waals surface area contributed by atoms with E-state index in [0.29, 0.717) is 22.4 Å². The van der Waals surface area contributed by atoms with Crippen molar-refractivity contribution in [3.05, 3.63) is 79.4 Å². The molecule has 8 nitrogen and oxygen atoms in total. The number of methoxy groups -OCH3 is 1. The van der Waals surface area contributed by atoms with Gasteiger partial charge in [0.05, 0.1) is 18.6 Å². The van der Waals surface area contributed by atoms with Crippen molar-refractivity contribution in [2.45, 2.75) is 13.5 Å². The molecule has 10 heteroatoms. The number of hydrogen-bond acceptors (Lipinski definition) is 5. The Labute approximate surface area is 176 Å². The molecule has 3 rings (SSSR count). The summed E-state index contributed by atoms with van der Waals surface area (Å²) in [6.07, 6.45) is 0. The predicted octanol–water partition coefficient (Wildman–Crippen LogP) is 4.72. The summed E-state index contributed by atoms with van der Waals surface area (Å²) < 4.78 is 6.63. The first-order valence-corrected chi connectivity index (χ1v) is 9.16. The summed E-state index contributed by atoms with van der Waals surface area (Å²) >= 11 is 12.1. The lowest BCUT2D eigenvalue weighted by molar-refractivity contribution is -0.385. The topological polar surface area (TPSA) is 99.3 Å². The number of carbonyl (C=O) groups is 1. The molecule has 1 amide bonds. The quantitative estimate of drug-likeness (QED) is 0.446. The van der Waals surface area contributed by atoms with Crippen LogP contribution < -0.4 is 10.1 Å². The number of ether oxygens (including phenoxy) is 1. The van der Waals surface area contributed by atoms with Crippen molar-refractivity contribution in [1.29, 1.82) is 0 Å². The highest BCUT2D eigenvalue weighted by molar-refractivity contribution is 6.35. The molecule has 29 heavy (non-hydrogen) atoms. The van der Waals surface area contributed by atoms with Crippen LogP contribution in [-0.4, -0.2) is 27.7 Å². The average molecular weight is 435 g/mol. The van der Waals surface area contributed by atoms with Crippen LogP contribution in [0.2, 0.25) is 10.0 Å². The van der Waals surface area contributed by atoms with E-state index in [0.717, 1.165) is 17.3 Å². The van der Waals surface area contributed by atoms with E-state index in [1.807, 2.05) is 6.92 Å². The molecule has 0 aliphatic rings. The maximum absolute atomic E-state index is 12.5. The standard InChI is InChI=1S/C19H16Cl2N4O4/c1-11-7-18(23-24(11)10-13-3-5-14(20)9-15(13)21)22-19(26)12-4-6-17(29-2)16(8-12)25(27)28/h3-9H,10H2,1-2H3,(H,22,23,26). The van der Waals surface area contributed by atoms with Crippen molar-refractivity contribution < 1.29 is 14.5 Å². The van der Waals surface area contributed by atoms with Crippen LogP contribution >= 0.6 is 23.2 Å². The van der Waals surface area contributed by atoms with Gasteiger partial charge in [-0.2, -0.15) is 5.10 Å². The number of aryl methyl sites for hydroxylation is 1. The number of nitrogens with zero attached hydrogens (tertiary/aromatic N) is 3. The number of aromatic nitrogens is 2. The minimum Gasteiger partial charge on any atom is -0.490 e. The largest absolute Gasteiger partial charge is 0.490 e. The number of nitro groups is 1. The van der Waals surface area contributed by atoms with Gasteiger partial charge in [-0.15, -0.1) is 0 Å². The summed E-state index contributed by atoms with van der Waals surface area (Å²) in [6.45, 7) is 2.23. The van der Waals surface area contributed by atoms with Gasteiger partial charge in [0.1, 0.15) is 0 Å². The Hall–Kier alpha value is -3.10.